The van der Waals surface area contributed by atoms with Gasteiger partial charge in [0.25, 0.3) is 0 Å². The van der Waals surface area contributed by atoms with Crippen molar-refractivity contribution in [3.63, 3.8) is 0 Å². The average Bonchev–Trinajstić information content (AvgIpc) is 2.65. The molecular formula is C19H27F3NO4+. The number of hydrogen-bond acceptors (Lipinski definition) is 4. The molecule has 0 bridgehead atoms. The molecule has 1 aliphatic rings. The van der Waals surface area contributed by atoms with Crippen LogP contribution in [0.15, 0.2) is 30.3 Å². The van der Waals surface area contributed by atoms with Crippen molar-refractivity contribution in [3.8, 4) is 5.75 Å². The highest BCUT2D eigenvalue weighted by atomic mass is 19.4. The first-order valence-electron chi connectivity index (χ1n) is 9.20. The predicted octanol–water partition coefficient (Wildman–Crippen LogP) is 2.89. The number of rotatable bonds is 6. The Bertz CT molecular complexity index is 582. The van der Waals surface area contributed by atoms with E-state index in [9.17, 15) is 18.0 Å². The molecule has 1 aromatic carbocycles. The highest BCUT2D eigenvalue weighted by Crippen LogP contribution is 2.25. The van der Waals surface area contributed by atoms with Gasteiger partial charge in [0.05, 0.1) is 6.10 Å². The fraction of sp³-hybridized carbons (Fsp3) is 0.632. The Hall–Kier alpha value is -1.80. The maximum absolute atomic E-state index is 12.4. The summed E-state index contributed by atoms with van der Waals surface area (Å²) >= 11 is 0. The number of carbonyl (C=O) groups excluding carboxylic acids is 1. The first-order valence-corrected chi connectivity index (χ1v) is 9.20. The van der Waals surface area contributed by atoms with Crippen LogP contribution in [-0.2, 0) is 14.3 Å². The van der Waals surface area contributed by atoms with Crippen LogP contribution in [0, 0.1) is 0 Å². The van der Waals surface area contributed by atoms with Crippen LogP contribution < -0.4 is 10.5 Å². The second-order valence-electron chi connectivity index (χ2n) is 6.79. The molecule has 1 aromatic rings. The molecule has 0 unspecified atom stereocenters. The van der Waals surface area contributed by atoms with Gasteiger partial charge in [0.15, 0.2) is 12.1 Å². The minimum absolute atomic E-state index is 0.0344. The number of halogens is 3. The van der Waals surface area contributed by atoms with Crippen LogP contribution in [-0.4, -0.2) is 43.1 Å². The third kappa shape index (κ3) is 7.38. The minimum Gasteiger partial charge on any atom is -0.484 e. The third-order valence-electron chi connectivity index (χ3n) is 4.46. The smallest absolute Gasteiger partial charge is 0.389 e. The first kappa shape index (κ1) is 21.5. The quantitative estimate of drug-likeness (QED) is 0.599. The van der Waals surface area contributed by atoms with Crippen molar-refractivity contribution in [2.75, 3.05) is 6.61 Å². The molecule has 4 atom stereocenters. The minimum atomic E-state index is -4.20. The molecule has 27 heavy (non-hydrogen) atoms. The van der Waals surface area contributed by atoms with Crippen molar-refractivity contribution in [2.45, 2.75) is 69.6 Å². The molecule has 0 radical (unpaired) electrons. The molecule has 152 valence electrons. The number of benzene rings is 1. The molecule has 0 spiro atoms. The summed E-state index contributed by atoms with van der Waals surface area (Å²) in [5.41, 5.74) is 3.81. The SMILES string of the molecule is C[C@@H]1OC(=O)[C@@H]([NH3+])CCC[C@H](OCCCC(F)(F)F)[C@H]1Oc1ccccc1. The van der Waals surface area contributed by atoms with Crippen LogP contribution in [0.5, 0.6) is 5.75 Å². The molecule has 0 saturated carbocycles. The average molecular weight is 390 g/mol. The van der Waals surface area contributed by atoms with Crippen molar-refractivity contribution in [2.24, 2.45) is 0 Å². The Labute approximate surface area is 157 Å². The number of carbonyl (C=O) groups is 1. The van der Waals surface area contributed by atoms with E-state index in [-0.39, 0.29) is 13.0 Å². The van der Waals surface area contributed by atoms with Crippen molar-refractivity contribution in [3.05, 3.63) is 30.3 Å². The summed E-state index contributed by atoms with van der Waals surface area (Å²) in [6, 6.07) is 8.53. The first-order chi connectivity index (χ1) is 12.8. The molecule has 0 aromatic heterocycles. The van der Waals surface area contributed by atoms with Crippen LogP contribution in [0.3, 0.4) is 0 Å². The molecule has 5 nitrogen and oxygen atoms in total. The van der Waals surface area contributed by atoms with Gasteiger partial charge in [-0.25, -0.2) is 4.79 Å². The lowest BCUT2D eigenvalue weighted by Gasteiger charge is -2.31. The maximum atomic E-state index is 12.4. The number of alkyl halides is 3. The van der Waals surface area contributed by atoms with E-state index in [1.54, 1.807) is 19.1 Å². The summed E-state index contributed by atoms with van der Waals surface area (Å²) in [6.07, 6.45) is -5.20. The molecule has 1 fully saturated rings. The lowest BCUT2D eigenvalue weighted by atomic mass is 10.0. The normalized spacial score (nSPS) is 27.2. The zero-order valence-corrected chi connectivity index (χ0v) is 15.4. The summed E-state index contributed by atoms with van der Waals surface area (Å²) in [5.74, 6) is 0.182. The molecule has 1 saturated heterocycles. The topological polar surface area (TPSA) is 72.4 Å². The second-order valence-corrected chi connectivity index (χ2v) is 6.79. The monoisotopic (exact) mass is 390 g/mol. The van der Waals surface area contributed by atoms with Crippen molar-refractivity contribution in [1.29, 1.82) is 0 Å². The fourth-order valence-electron chi connectivity index (χ4n) is 3.01. The van der Waals surface area contributed by atoms with E-state index in [1.165, 1.54) is 0 Å². The highest BCUT2D eigenvalue weighted by Gasteiger charge is 2.36. The molecule has 0 amide bonds. The number of quaternary nitrogens is 1. The van der Waals surface area contributed by atoms with Crippen LogP contribution in [0.4, 0.5) is 13.2 Å². The summed E-state index contributed by atoms with van der Waals surface area (Å²) in [7, 11) is 0. The van der Waals surface area contributed by atoms with Crippen molar-refractivity contribution in [1.82, 2.24) is 0 Å². The van der Waals surface area contributed by atoms with Gasteiger partial charge in [0.2, 0.25) is 0 Å². The Morgan fingerprint density at radius 3 is 2.59 bits per heavy atom. The van der Waals surface area contributed by atoms with Crippen LogP contribution in [0.25, 0.3) is 0 Å². The number of ether oxygens (including phenoxy) is 3. The summed E-state index contributed by atoms with van der Waals surface area (Å²) < 4.78 is 54.3. The summed E-state index contributed by atoms with van der Waals surface area (Å²) in [5, 5.41) is 0. The zero-order chi connectivity index (χ0) is 19.9. The van der Waals surface area contributed by atoms with Crippen molar-refractivity contribution >= 4 is 5.97 Å². The van der Waals surface area contributed by atoms with Gasteiger partial charge >= 0.3 is 12.1 Å². The summed E-state index contributed by atoms with van der Waals surface area (Å²) in [4.78, 5) is 12.1. The summed E-state index contributed by atoms with van der Waals surface area (Å²) in [6.45, 7) is 1.67. The van der Waals surface area contributed by atoms with E-state index in [0.717, 1.165) is 0 Å². The van der Waals surface area contributed by atoms with Gasteiger partial charge in [0.1, 0.15) is 11.9 Å². The van der Waals surface area contributed by atoms with Gasteiger partial charge in [0, 0.05) is 19.4 Å². The molecule has 1 heterocycles. The highest BCUT2D eigenvalue weighted by molar-refractivity contribution is 5.74. The van der Waals surface area contributed by atoms with Gasteiger partial charge < -0.3 is 19.9 Å². The number of hydrogen-bond donors (Lipinski definition) is 1. The third-order valence-corrected chi connectivity index (χ3v) is 4.46. The van der Waals surface area contributed by atoms with Gasteiger partial charge in [-0.15, -0.1) is 0 Å². The molecule has 3 N–H and O–H groups in total. The Morgan fingerprint density at radius 2 is 1.93 bits per heavy atom. The van der Waals surface area contributed by atoms with E-state index < -0.39 is 42.9 Å². The van der Waals surface area contributed by atoms with Crippen LogP contribution >= 0.6 is 0 Å². The largest absolute Gasteiger partial charge is 0.484 e. The lowest BCUT2D eigenvalue weighted by Crippen LogP contribution is -2.65. The predicted molar refractivity (Wildman–Crippen MR) is 92.0 cm³/mol. The lowest BCUT2D eigenvalue weighted by molar-refractivity contribution is -0.410. The molecule has 0 aliphatic carbocycles. The zero-order valence-electron chi connectivity index (χ0n) is 15.4. The van der Waals surface area contributed by atoms with E-state index in [1.807, 2.05) is 18.2 Å². The van der Waals surface area contributed by atoms with Crippen molar-refractivity contribution < 1.29 is 37.9 Å². The van der Waals surface area contributed by atoms with E-state index >= 15 is 0 Å². The van der Waals surface area contributed by atoms with Gasteiger partial charge in [-0.2, -0.15) is 13.2 Å². The number of esters is 1. The number of para-hydroxylation sites is 1. The van der Waals surface area contributed by atoms with Gasteiger partial charge in [-0.1, -0.05) is 18.2 Å². The van der Waals surface area contributed by atoms with Crippen LogP contribution in [0.1, 0.15) is 39.0 Å². The molecule has 8 heteroatoms. The standard InChI is InChI=1S/C19H26F3NO4/c1-13-17(27-14-7-3-2-4-8-14)16(25-12-6-11-19(20,21)22)10-5-9-15(23)18(24)26-13/h2-4,7-8,13,15-17H,5-6,9-12,23H2,1H3/p+1/t13-,15-,16-,17-/m0/s1. The van der Waals surface area contributed by atoms with E-state index in [2.05, 4.69) is 5.73 Å². The van der Waals surface area contributed by atoms with E-state index in [0.29, 0.717) is 25.0 Å². The number of cyclic esters (lactones) is 1. The second kappa shape index (κ2) is 9.94. The van der Waals surface area contributed by atoms with E-state index in [4.69, 9.17) is 14.2 Å². The molecule has 2 rings (SSSR count). The fourth-order valence-corrected chi connectivity index (χ4v) is 3.01. The Balaban J connectivity index is 2.09. The Kier molecular flexibility index (Phi) is 7.91. The van der Waals surface area contributed by atoms with Gasteiger partial charge in [-0.3, -0.25) is 0 Å². The Morgan fingerprint density at radius 1 is 1.22 bits per heavy atom. The van der Waals surface area contributed by atoms with Gasteiger partial charge in [-0.05, 0) is 38.3 Å². The molecule has 1 aliphatic heterocycles. The van der Waals surface area contributed by atoms with Crippen LogP contribution in [0.2, 0.25) is 0 Å². The maximum Gasteiger partial charge on any atom is 0.389 e. The molecular weight excluding hydrogens is 363 g/mol.